The van der Waals surface area contributed by atoms with Crippen LogP contribution in [0.3, 0.4) is 0 Å². The van der Waals surface area contributed by atoms with Crippen LogP contribution in [-0.2, 0) is 6.42 Å². The van der Waals surface area contributed by atoms with Crippen molar-refractivity contribution in [1.82, 2.24) is 0 Å². The Bertz CT molecular complexity index is 299. The van der Waals surface area contributed by atoms with Crippen molar-refractivity contribution in [3.8, 4) is 0 Å². The lowest BCUT2D eigenvalue weighted by atomic mass is 10.1. The number of nitrogens with zero attached hydrogens (tertiary/aromatic N) is 1. The number of halogens is 1. The van der Waals surface area contributed by atoms with Gasteiger partial charge in [0, 0.05) is 24.3 Å². The molecule has 2 nitrogen and oxygen atoms in total. The highest BCUT2D eigenvalue weighted by Crippen LogP contribution is 2.24. The maximum atomic E-state index is 5.96. The summed E-state index contributed by atoms with van der Waals surface area (Å²) in [7, 11) is 2.06. The van der Waals surface area contributed by atoms with Crippen LogP contribution in [0, 0.1) is 0 Å². The van der Waals surface area contributed by atoms with E-state index in [9.17, 15) is 0 Å². The van der Waals surface area contributed by atoms with Crippen molar-refractivity contribution >= 4 is 17.3 Å². The molecule has 0 saturated heterocycles. The fourth-order valence-electron chi connectivity index (χ4n) is 1.43. The highest BCUT2D eigenvalue weighted by atomic mass is 35.5. The summed E-state index contributed by atoms with van der Waals surface area (Å²) in [6.45, 7) is 3.76. The van der Waals surface area contributed by atoms with E-state index in [-0.39, 0.29) is 0 Å². The second-order valence-corrected chi connectivity index (χ2v) is 3.76. The highest BCUT2D eigenvalue weighted by molar-refractivity contribution is 6.30. The van der Waals surface area contributed by atoms with Crippen LogP contribution in [0.25, 0.3) is 0 Å². The summed E-state index contributed by atoms with van der Waals surface area (Å²) in [4.78, 5) is 2.18. The van der Waals surface area contributed by atoms with Gasteiger partial charge in [-0.3, -0.25) is 0 Å². The molecular formula is C11H17ClN2. The third kappa shape index (κ3) is 2.63. The topological polar surface area (TPSA) is 29.3 Å². The van der Waals surface area contributed by atoms with Crippen LogP contribution in [0.2, 0.25) is 5.02 Å². The maximum Gasteiger partial charge on any atom is 0.0426 e. The zero-order valence-electron chi connectivity index (χ0n) is 8.76. The molecule has 0 unspecified atom stereocenters. The Hall–Kier alpha value is -0.730. The molecule has 1 rings (SSSR count). The van der Waals surface area contributed by atoms with Crippen molar-refractivity contribution in [1.29, 1.82) is 0 Å². The molecule has 0 aliphatic rings. The number of anilines is 1. The predicted molar refractivity (Wildman–Crippen MR) is 63.2 cm³/mol. The Kier molecular flexibility index (Phi) is 4.23. The summed E-state index contributed by atoms with van der Waals surface area (Å²) in [5, 5.41) is 0.779. The van der Waals surface area contributed by atoms with Gasteiger partial charge in [-0.2, -0.15) is 0 Å². The van der Waals surface area contributed by atoms with E-state index in [1.54, 1.807) is 0 Å². The van der Waals surface area contributed by atoms with E-state index in [0.717, 1.165) is 18.0 Å². The summed E-state index contributed by atoms with van der Waals surface area (Å²) in [6, 6.07) is 5.96. The smallest absolute Gasteiger partial charge is 0.0426 e. The van der Waals surface area contributed by atoms with E-state index < -0.39 is 0 Å². The van der Waals surface area contributed by atoms with Crippen LogP contribution < -0.4 is 10.6 Å². The molecule has 0 fully saturated rings. The van der Waals surface area contributed by atoms with Gasteiger partial charge in [0.2, 0.25) is 0 Å². The molecule has 0 atom stereocenters. The molecule has 0 aromatic heterocycles. The second-order valence-electron chi connectivity index (χ2n) is 3.33. The van der Waals surface area contributed by atoms with Crippen LogP contribution in [-0.4, -0.2) is 20.1 Å². The first-order valence-electron chi connectivity index (χ1n) is 4.88. The molecule has 0 aliphatic carbocycles. The van der Waals surface area contributed by atoms with Gasteiger partial charge in [0.25, 0.3) is 0 Å². The Morgan fingerprint density at radius 1 is 1.43 bits per heavy atom. The Morgan fingerprint density at radius 3 is 2.71 bits per heavy atom. The summed E-state index contributed by atoms with van der Waals surface area (Å²) in [5.74, 6) is 0. The Balaban J connectivity index is 3.02. The van der Waals surface area contributed by atoms with Gasteiger partial charge in [-0.15, -0.1) is 0 Å². The van der Waals surface area contributed by atoms with Gasteiger partial charge in [-0.1, -0.05) is 17.7 Å². The minimum absolute atomic E-state index is 0.673. The van der Waals surface area contributed by atoms with Crippen molar-refractivity contribution in [2.24, 2.45) is 5.73 Å². The standard InChI is InChI=1S/C11H17ClN2/c1-3-14(2)11-8-10(12)5-4-9(11)6-7-13/h4-5,8H,3,6-7,13H2,1-2H3. The Labute approximate surface area is 90.7 Å². The molecule has 0 saturated carbocycles. The number of rotatable bonds is 4. The third-order valence-electron chi connectivity index (χ3n) is 2.35. The SMILES string of the molecule is CCN(C)c1cc(Cl)ccc1CCN. The van der Waals surface area contributed by atoms with E-state index in [0.29, 0.717) is 6.54 Å². The minimum Gasteiger partial charge on any atom is -0.375 e. The predicted octanol–water partition coefficient (Wildman–Crippen LogP) is 2.30. The molecule has 0 radical (unpaired) electrons. The molecule has 1 aromatic rings. The van der Waals surface area contributed by atoms with Crippen LogP contribution in [0.15, 0.2) is 18.2 Å². The van der Waals surface area contributed by atoms with Gasteiger partial charge in [-0.05, 0) is 37.6 Å². The van der Waals surface area contributed by atoms with Crippen LogP contribution >= 0.6 is 11.6 Å². The van der Waals surface area contributed by atoms with Gasteiger partial charge >= 0.3 is 0 Å². The molecule has 0 amide bonds. The first-order valence-corrected chi connectivity index (χ1v) is 5.26. The molecule has 0 aliphatic heterocycles. The molecule has 0 heterocycles. The molecule has 78 valence electrons. The fourth-order valence-corrected chi connectivity index (χ4v) is 1.60. The monoisotopic (exact) mass is 212 g/mol. The third-order valence-corrected chi connectivity index (χ3v) is 2.58. The first kappa shape index (κ1) is 11.3. The lowest BCUT2D eigenvalue weighted by Gasteiger charge is -2.20. The normalized spacial score (nSPS) is 10.3. The van der Waals surface area contributed by atoms with Gasteiger partial charge in [0.15, 0.2) is 0 Å². The zero-order chi connectivity index (χ0) is 10.6. The lowest BCUT2D eigenvalue weighted by molar-refractivity contribution is 0.919. The van der Waals surface area contributed by atoms with E-state index >= 15 is 0 Å². The summed E-state index contributed by atoms with van der Waals surface area (Å²) < 4.78 is 0. The molecule has 0 bridgehead atoms. The summed E-state index contributed by atoms with van der Waals surface area (Å²) in [5.41, 5.74) is 8.01. The lowest BCUT2D eigenvalue weighted by Crippen LogP contribution is -2.18. The number of hydrogen-bond donors (Lipinski definition) is 1. The fraction of sp³-hybridized carbons (Fsp3) is 0.455. The number of hydrogen-bond acceptors (Lipinski definition) is 2. The molecule has 2 N–H and O–H groups in total. The molecule has 1 aromatic carbocycles. The quantitative estimate of drug-likeness (QED) is 0.830. The average molecular weight is 213 g/mol. The molecule has 14 heavy (non-hydrogen) atoms. The average Bonchev–Trinajstić information content (AvgIpc) is 2.20. The molecule has 0 spiro atoms. The zero-order valence-corrected chi connectivity index (χ0v) is 9.51. The van der Waals surface area contributed by atoms with Crippen LogP contribution in [0.5, 0.6) is 0 Å². The van der Waals surface area contributed by atoms with E-state index in [2.05, 4.69) is 24.9 Å². The van der Waals surface area contributed by atoms with Crippen molar-refractivity contribution < 1.29 is 0 Å². The van der Waals surface area contributed by atoms with Crippen LogP contribution in [0.4, 0.5) is 5.69 Å². The van der Waals surface area contributed by atoms with Gasteiger partial charge < -0.3 is 10.6 Å². The molecule has 3 heteroatoms. The minimum atomic E-state index is 0.673. The van der Waals surface area contributed by atoms with Crippen molar-refractivity contribution in [2.75, 3.05) is 25.0 Å². The van der Waals surface area contributed by atoms with E-state index in [4.69, 9.17) is 17.3 Å². The number of benzene rings is 1. The summed E-state index contributed by atoms with van der Waals surface area (Å²) in [6.07, 6.45) is 0.900. The van der Waals surface area contributed by atoms with Gasteiger partial charge in [0.1, 0.15) is 0 Å². The highest BCUT2D eigenvalue weighted by Gasteiger charge is 2.05. The Morgan fingerprint density at radius 2 is 2.14 bits per heavy atom. The van der Waals surface area contributed by atoms with Crippen molar-refractivity contribution in [2.45, 2.75) is 13.3 Å². The van der Waals surface area contributed by atoms with Crippen LogP contribution in [0.1, 0.15) is 12.5 Å². The number of nitrogens with two attached hydrogens (primary N) is 1. The van der Waals surface area contributed by atoms with Gasteiger partial charge in [0.05, 0.1) is 0 Å². The summed E-state index contributed by atoms with van der Waals surface area (Å²) >= 11 is 5.96. The van der Waals surface area contributed by atoms with E-state index in [1.807, 2.05) is 12.1 Å². The van der Waals surface area contributed by atoms with Crippen molar-refractivity contribution in [3.05, 3.63) is 28.8 Å². The largest absolute Gasteiger partial charge is 0.375 e. The van der Waals surface area contributed by atoms with Gasteiger partial charge in [-0.25, -0.2) is 0 Å². The van der Waals surface area contributed by atoms with E-state index in [1.165, 1.54) is 11.3 Å². The molecular weight excluding hydrogens is 196 g/mol. The first-order chi connectivity index (χ1) is 6.69. The van der Waals surface area contributed by atoms with Crippen molar-refractivity contribution in [3.63, 3.8) is 0 Å². The second kappa shape index (κ2) is 5.23. The maximum absolute atomic E-state index is 5.96.